The van der Waals surface area contributed by atoms with Crippen LogP contribution in [0, 0.1) is 6.92 Å². The van der Waals surface area contributed by atoms with Crippen molar-refractivity contribution in [3.8, 4) is 0 Å². The second-order valence-electron chi connectivity index (χ2n) is 4.41. The Kier molecular flexibility index (Phi) is 5.31. The Morgan fingerprint density at radius 2 is 1.90 bits per heavy atom. The molecule has 0 saturated carbocycles. The first-order valence-electron chi connectivity index (χ1n) is 6.43. The van der Waals surface area contributed by atoms with E-state index in [0.717, 1.165) is 34.9 Å². The van der Waals surface area contributed by atoms with Gasteiger partial charge in [-0.05, 0) is 31.7 Å². The van der Waals surface area contributed by atoms with Gasteiger partial charge in [-0.1, -0.05) is 22.0 Å². The van der Waals surface area contributed by atoms with Gasteiger partial charge in [0.05, 0.1) is 0 Å². The lowest BCUT2D eigenvalue weighted by molar-refractivity contribution is 0.821. The summed E-state index contributed by atoms with van der Waals surface area (Å²) in [6.07, 6.45) is 1.55. The first kappa shape index (κ1) is 14.7. The van der Waals surface area contributed by atoms with Crippen molar-refractivity contribution in [1.29, 1.82) is 0 Å². The maximum atomic E-state index is 4.22. The number of anilines is 3. The molecular weight excluding hydrogens is 318 g/mol. The van der Waals surface area contributed by atoms with Gasteiger partial charge in [-0.15, -0.1) is 0 Å². The minimum Gasteiger partial charge on any atom is -0.369 e. The minimum atomic E-state index is 0.766. The van der Waals surface area contributed by atoms with Crippen LogP contribution >= 0.6 is 15.9 Å². The molecule has 0 aliphatic rings. The van der Waals surface area contributed by atoms with Crippen LogP contribution in [0.1, 0.15) is 5.56 Å². The molecule has 0 aliphatic carbocycles. The smallest absolute Gasteiger partial charge is 0.135 e. The van der Waals surface area contributed by atoms with Crippen LogP contribution in [-0.2, 0) is 0 Å². The molecule has 1 heterocycles. The SMILES string of the molecule is CNCCNc1cc(Nc2ccc(C)c(Br)c2)ncn1. The van der Waals surface area contributed by atoms with Crippen molar-refractivity contribution in [2.45, 2.75) is 6.92 Å². The summed E-state index contributed by atoms with van der Waals surface area (Å²) in [5, 5.41) is 9.57. The number of benzene rings is 1. The minimum absolute atomic E-state index is 0.766. The first-order valence-corrected chi connectivity index (χ1v) is 7.22. The van der Waals surface area contributed by atoms with Crippen molar-refractivity contribution < 1.29 is 0 Å². The molecule has 0 amide bonds. The van der Waals surface area contributed by atoms with Crippen molar-refractivity contribution in [1.82, 2.24) is 15.3 Å². The summed E-state index contributed by atoms with van der Waals surface area (Å²) in [6, 6.07) is 8.00. The van der Waals surface area contributed by atoms with Gasteiger partial charge in [0.25, 0.3) is 0 Å². The fourth-order valence-corrected chi connectivity index (χ4v) is 2.04. The highest BCUT2D eigenvalue weighted by molar-refractivity contribution is 9.10. The number of hydrogen-bond donors (Lipinski definition) is 3. The lowest BCUT2D eigenvalue weighted by atomic mass is 10.2. The predicted octanol–water partition coefficient (Wildman–Crippen LogP) is 2.92. The van der Waals surface area contributed by atoms with Crippen molar-refractivity contribution in [2.75, 3.05) is 30.8 Å². The van der Waals surface area contributed by atoms with Gasteiger partial charge in [0.2, 0.25) is 0 Å². The highest BCUT2D eigenvalue weighted by atomic mass is 79.9. The molecule has 0 bridgehead atoms. The molecule has 0 saturated heterocycles. The van der Waals surface area contributed by atoms with Crippen molar-refractivity contribution in [3.05, 3.63) is 40.6 Å². The molecule has 0 aliphatic heterocycles. The molecule has 106 valence electrons. The maximum Gasteiger partial charge on any atom is 0.135 e. The van der Waals surface area contributed by atoms with Crippen LogP contribution in [0.2, 0.25) is 0 Å². The number of rotatable bonds is 6. The van der Waals surface area contributed by atoms with E-state index in [9.17, 15) is 0 Å². The van der Waals surface area contributed by atoms with E-state index in [4.69, 9.17) is 0 Å². The van der Waals surface area contributed by atoms with Crippen molar-refractivity contribution in [2.24, 2.45) is 0 Å². The Morgan fingerprint density at radius 3 is 2.65 bits per heavy atom. The topological polar surface area (TPSA) is 61.9 Å². The first-order chi connectivity index (χ1) is 9.69. The zero-order valence-electron chi connectivity index (χ0n) is 11.6. The lowest BCUT2D eigenvalue weighted by Gasteiger charge is -2.09. The number of aromatic nitrogens is 2. The summed E-state index contributed by atoms with van der Waals surface area (Å²) >= 11 is 3.52. The average Bonchev–Trinajstić information content (AvgIpc) is 2.44. The van der Waals surface area contributed by atoms with E-state index in [1.807, 2.05) is 25.2 Å². The predicted molar refractivity (Wildman–Crippen MR) is 86.6 cm³/mol. The fourth-order valence-electron chi connectivity index (χ4n) is 1.66. The summed E-state index contributed by atoms with van der Waals surface area (Å²) in [5.41, 5.74) is 2.19. The van der Waals surface area contributed by atoms with E-state index in [-0.39, 0.29) is 0 Å². The van der Waals surface area contributed by atoms with Crippen LogP contribution in [-0.4, -0.2) is 30.1 Å². The quantitative estimate of drug-likeness (QED) is 0.708. The monoisotopic (exact) mass is 335 g/mol. The van der Waals surface area contributed by atoms with E-state index in [0.29, 0.717) is 0 Å². The van der Waals surface area contributed by atoms with Crippen molar-refractivity contribution in [3.63, 3.8) is 0 Å². The van der Waals surface area contributed by atoms with Gasteiger partial charge in [0.1, 0.15) is 18.0 Å². The van der Waals surface area contributed by atoms with Crippen LogP contribution < -0.4 is 16.0 Å². The van der Waals surface area contributed by atoms with Gasteiger partial charge < -0.3 is 16.0 Å². The van der Waals surface area contributed by atoms with Crippen LogP contribution in [0.4, 0.5) is 17.3 Å². The number of aryl methyl sites for hydroxylation is 1. The molecule has 2 aromatic rings. The number of nitrogens with zero attached hydrogens (tertiary/aromatic N) is 2. The highest BCUT2D eigenvalue weighted by Crippen LogP contribution is 2.23. The Labute approximate surface area is 127 Å². The average molecular weight is 336 g/mol. The fraction of sp³-hybridized carbons (Fsp3) is 0.286. The lowest BCUT2D eigenvalue weighted by Crippen LogP contribution is -2.18. The Hall–Kier alpha value is -1.66. The van der Waals surface area contributed by atoms with Crippen molar-refractivity contribution >= 4 is 33.3 Å². The number of halogens is 1. The Balaban J connectivity index is 2.05. The zero-order valence-corrected chi connectivity index (χ0v) is 13.2. The second-order valence-corrected chi connectivity index (χ2v) is 5.26. The third-order valence-corrected chi connectivity index (χ3v) is 3.65. The molecule has 3 N–H and O–H groups in total. The van der Waals surface area contributed by atoms with Crippen LogP contribution in [0.3, 0.4) is 0 Å². The molecule has 1 aromatic carbocycles. The van der Waals surface area contributed by atoms with Gasteiger partial charge in [0.15, 0.2) is 0 Å². The molecular formula is C14H18BrN5. The standard InChI is InChI=1S/C14H18BrN5/c1-10-3-4-11(7-12(10)15)20-14-8-13(18-9-19-14)17-6-5-16-2/h3-4,7-9,16H,5-6H2,1-2H3,(H2,17,18,19,20). The molecule has 0 spiro atoms. The summed E-state index contributed by atoms with van der Waals surface area (Å²) in [7, 11) is 1.92. The third-order valence-electron chi connectivity index (χ3n) is 2.79. The van der Waals surface area contributed by atoms with Gasteiger partial charge in [0, 0.05) is 29.3 Å². The van der Waals surface area contributed by atoms with E-state index < -0.39 is 0 Å². The van der Waals surface area contributed by atoms with Gasteiger partial charge >= 0.3 is 0 Å². The van der Waals surface area contributed by atoms with Gasteiger partial charge in [-0.2, -0.15) is 0 Å². The van der Waals surface area contributed by atoms with Crippen LogP contribution in [0.5, 0.6) is 0 Å². The Bertz CT molecular complexity index is 573. The van der Waals surface area contributed by atoms with E-state index >= 15 is 0 Å². The summed E-state index contributed by atoms with van der Waals surface area (Å²) in [4.78, 5) is 8.41. The number of hydrogen-bond acceptors (Lipinski definition) is 5. The molecule has 6 heteroatoms. The maximum absolute atomic E-state index is 4.22. The summed E-state index contributed by atoms with van der Waals surface area (Å²) in [5.74, 6) is 1.58. The van der Waals surface area contributed by atoms with Gasteiger partial charge in [-0.3, -0.25) is 0 Å². The number of nitrogens with one attached hydrogen (secondary N) is 3. The number of likely N-dealkylation sites (N-methyl/N-ethyl adjacent to an activating group) is 1. The van der Waals surface area contributed by atoms with Gasteiger partial charge in [-0.25, -0.2) is 9.97 Å². The summed E-state index contributed by atoms with van der Waals surface area (Å²) < 4.78 is 1.07. The van der Waals surface area contributed by atoms with Crippen LogP contribution in [0.25, 0.3) is 0 Å². The molecule has 20 heavy (non-hydrogen) atoms. The van der Waals surface area contributed by atoms with E-state index in [1.54, 1.807) is 6.33 Å². The molecule has 5 nitrogen and oxygen atoms in total. The normalized spacial score (nSPS) is 10.3. The molecule has 0 fully saturated rings. The third kappa shape index (κ3) is 4.18. The van der Waals surface area contributed by atoms with Crippen LogP contribution in [0.15, 0.2) is 35.1 Å². The molecule has 1 aromatic heterocycles. The van der Waals surface area contributed by atoms with E-state index in [1.165, 1.54) is 5.56 Å². The molecule has 2 rings (SSSR count). The Morgan fingerprint density at radius 1 is 1.10 bits per heavy atom. The summed E-state index contributed by atoms with van der Waals surface area (Å²) in [6.45, 7) is 3.77. The molecule has 0 radical (unpaired) electrons. The largest absolute Gasteiger partial charge is 0.369 e. The zero-order chi connectivity index (χ0) is 14.4. The highest BCUT2D eigenvalue weighted by Gasteiger charge is 2.01. The second kappa shape index (κ2) is 7.21. The molecule has 0 atom stereocenters. The molecule has 0 unspecified atom stereocenters. The van der Waals surface area contributed by atoms with E-state index in [2.05, 4.69) is 54.8 Å².